The van der Waals surface area contributed by atoms with Crippen molar-refractivity contribution in [2.45, 2.75) is 38.5 Å². The van der Waals surface area contributed by atoms with Crippen LogP contribution >= 0.6 is 15.9 Å². The first-order valence-electron chi connectivity index (χ1n) is 9.94. The van der Waals surface area contributed by atoms with Crippen LogP contribution in [0.25, 0.3) is 0 Å². The van der Waals surface area contributed by atoms with E-state index in [4.69, 9.17) is 4.74 Å². The summed E-state index contributed by atoms with van der Waals surface area (Å²) in [7, 11) is 0. The van der Waals surface area contributed by atoms with Crippen LogP contribution in [0.4, 0.5) is 11.4 Å². The van der Waals surface area contributed by atoms with Crippen molar-refractivity contribution >= 4 is 33.3 Å². The topological polar surface area (TPSA) is 50.4 Å². The van der Waals surface area contributed by atoms with Gasteiger partial charge in [-0.2, -0.15) is 0 Å². The zero-order chi connectivity index (χ0) is 21.6. The van der Waals surface area contributed by atoms with Crippen molar-refractivity contribution in [3.8, 4) is 0 Å². The van der Waals surface area contributed by atoms with Crippen LogP contribution in [-0.2, 0) is 9.53 Å². The molecule has 0 amide bonds. The number of rotatable bonds is 7. The van der Waals surface area contributed by atoms with Gasteiger partial charge in [-0.15, -0.1) is 0 Å². The molecule has 156 valence electrons. The van der Waals surface area contributed by atoms with E-state index in [1.807, 2.05) is 106 Å². The van der Waals surface area contributed by atoms with Crippen molar-refractivity contribution in [2.24, 2.45) is 0 Å². The number of benzene rings is 3. The molecule has 3 rings (SSSR count). The lowest BCUT2D eigenvalue weighted by molar-refractivity contribution is -0.156. The predicted octanol–water partition coefficient (Wildman–Crippen LogP) is 6.42. The van der Waals surface area contributed by atoms with Crippen LogP contribution in [0.2, 0.25) is 0 Å². The molecule has 5 heteroatoms. The van der Waals surface area contributed by atoms with Crippen LogP contribution in [0.1, 0.15) is 32.4 Å². The van der Waals surface area contributed by atoms with Crippen molar-refractivity contribution < 1.29 is 9.53 Å². The fourth-order valence-electron chi connectivity index (χ4n) is 3.12. The van der Waals surface area contributed by atoms with E-state index in [1.54, 1.807) is 0 Å². The summed E-state index contributed by atoms with van der Waals surface area (Å²) in [5.41, 5.74) is 2.13. The highest BCUT2D eigenvalue weighted by molar-refractivity contribution is 9.10. The Labute approximate surface area is 186 Å². The van der Waals surface area contributed by atoms with Gasteiger partial charge in [0.1, 0.15) is 11.6 Å². The number of halogens is 1. The summed E-state index contributed by atoms with van der Waals surface area (Å²) in [6, 6.07) is 26.5. The van der Waals surface area contributed by atoms with Gasteiger partial charge in [0.25, 0.3) is 0 Å². The van der Waals surface area contributed by atoms with Gasteiger partial charge in [0.05, 0.1) is 6.04 Å². The zero-order valence-corrected chi connectivity index (χ0v) is 19.0. The van der Waals surface area contributed by atoms with E-state index in [-0.39, 0.29) is 12.0 Å². The fourth-order valence-corrected chi connectivity index (χ4v) is 3.52. The van der Waals surface area contributed by atoms with Gasteiger partial charge < -0.3 is 15.4 Å². The minimum Gasteiger partial charge on any atom is -0.458 e. The molecular weight excluding hydrogens is 440 g/mol. The van der Waals surface area contributed by atoms with E-state index in [2.05, 4.69) is 26.6 Å². The lowest BCUT2D eigenvalue weighted by Gasteiger charge is -2.32. The van der Waals surface area contributed by atoms with E-state index in [0.29, 0.717) is 0 Å². The Balaban J connectivity index is 2.02. The van der Waals surface area contributed by atoms with E-state index < -0.39 is 11.6 Å². The lowest BCUT2D eigenvalue weighted by Crippen LogP contribution is -2.43. The zero-order valence-electron chi connectivity index (χ0n) is 17.4. The Morgan fingerprint density at radius 3 is 2.00 bits per heavy atom. The second kappa shape index (κ2) is 9.81. The molecule has 0 saturated carbocycles. The molecule has 0 saturated heterocycles. The van der Waals surface area contributed by atoms with Crippen molar-refractivity contribution in [1.82, 2.24) is 0 Å². The molecule has 3 aromatic carbocycles. The SMILES string of the molecule is CC(C)(C)OC(=O)[C@@H](Nc1ccccc1Br)[C@@H](Nc1ccccc1)c1ccccc1. The summed E-state index contributed by atoms with van der Waals surface area (Å²) < 4.78 is 6.68. The maximum atomic E-state index is 13.3. The summed E-state index contributed by atoms with van der Waals surface area (Å²) in [5.74, 6) is -0.324. The smallest absolute Gasteiger partial charge is 0.331 e. The minimum absolute atomic E-state index is 0.324. The molecule has 3 aromatic rings. The van der Waals surface area contributed by atoms with E-state index in [1.165, 1.54) is 0 Å². The van der Waals surface area contributed by atoms with Crippen molar-refractivity contribution in [2.75, 3.05) is 10.6 Å². The van der Waals surface area contributed by atoms with Crippen LogP contribution in [0.15, 0.2) is 89.4 Å². The molecule has 0 aliphatic carbocycles. The number of anilines is 2. The van der Waals surface area contributed by atoms with Crippen LogP contribution in [0, 0.1) is 0 Å². The van der Waals surface area contributed by atoms with Crippen molar-refractivity contribution in [1.29, 1.82) is 0 Å². The molecule has 2 atom stereocenters. The van der Waals surface area contributed by atoms with Gasteiger partial charge in [-0.3, -0.25) is 0 Å². The Kier molecular flexibility index (Phi) is 7.16. The molecule has 0 spiro atoms. The number of hydrogen-bond donors (Lipinski definition) is 2. The molecule has 0 unspecified atom stereocenters. The largest absolute Gasteiger partial charge is 0.458 e. The normalized spacial score (nSPS) is 13.2. The third-order valence-electron chi connectivity index (χ3n) is 4.43. The van der Waals surface area contributed by atoms with E-state index >= 15 is 0 Å². The second-order valence-electron chi connectivity index (χ2n) is 8.03. The van der Waals surface area contributed by atoms with Crippen molar-refractivity contribution in [3.05, 3.63) is 95.0 Å². The number of esters is 1. The molecule has 4 nitrogen and oxygen atoms in total. The quantitative estimate of drug-likeness (QED) is 0.394. The van der Waals surface area contributed by atoms with Crippen LogP contribution in [-0.4, -0.2) is 17.6 Å². The maximum absolute atomic E-state index is 13.3. The Bertz CT molecular complexity index is 956. The predicted molar refractivity (Wildman–Crippen MR) is 127 cm³/mol. The summed E-state index contributed by atoms with van der Waals surface area (Å²) >= 11 is 3.57. The highest BCUT2D eigenvalue weighted by atomic mass is 79.9. The first kappa shape index (κ1) is 21.9. The molecule has 0 bridgehead atoms. The molecule has 0 fully saturated rings. The fraction of sp³-hybridized carbons (Fsp3) is 0.240. The summed E-state index contributed by atoms with van der Waals surface area (Å²) in [4.78, 5) is 13.3. The Morgan fingerprint density at radius 1 is 0.833 bits per heavy atom. The number of nitrogens with one attached hydrogen (secondary N) is 2. The Morgan fingerprint density at radius 2 is 1.40 bits per heavy atom. The highest BCUT2D eigenvalue weighted by Crippen LogP contribution is 2.30. The molecule has 0 heterocycles. The van der Waals surface area contributed by atoms with Gasteiger partial charge >= 0.3 is 5.97 Å². The molecule has 30 heavy (non-hydrogen) atoms. The molecule has 0 aliphatic heterocycles. The molecule has 0 aliphatic rings. The average molecular weight is 467 g/mol. The van der Waals surface area contributed by atoms with E-state index in [9.17, 15) is 4.79 Å². The van der Waals surface area contributed by atoms with Crippen LogP contribution in [0.3, 0.4) is 0 Å². The molecule has 0 radical (unpaired) electrons. The van der Waals surface area contributed by atoms with Gasteiger partial charge in [-0.1, -0.05) is 60.7 Å². The summed E-state index contributed by atoms with van der Waals surface area (Å²) in [6.45, 7) is 5.63. The Hall–Kier alpha value is -2.79. The molecular formula is C25H27BrN2O2. The molecule has 0 aromatic heterocycles. The van der Waals surface area contributed by atoms with E-state index in [0.717, 1.165) is 21.4 Å². The van der Waals surface area contributed by atoms with Gasteiger partial charge in [0.2, 0.25) is 0 Å². The first-order valence-corrected chi connectivity index (χ1v) is 10.7. The van der Waals surface area contributed by atoms with Gasteiger partial charge in [-0.05, 0) is 66.5 Å². The molecule has 2 N–H and O–H groups in total. The third-order valence-corrected chi connectivity index (χ3v) is 5.13. The number of carbonyl (C=O) groups excluding carboxylic acids is 1. The minimum atomic E-state index is -0.662. The maximum Gasteiger partial charge on any atom is 0.331 e. The number of hydrogen-bond acceptors (Lipinski definition) is 4. The van der Waals surface area contributed by atoms with Crippen LogP contribution in [0.5, 0.6) is 0 Å². The summed E-state index contributed by atoms with van der Waals surface area (Å²) in [5, 5.41) is 6.93. The third kappa shape index (κ3) is 6.10. The first-order chi connectivity index (χ1) is 14.3. The number of carbonyl (C=O) groups is 1. The summed E-state index contributed by atoms with van der Waals surface area (Å²) in [6.07, 6.45) is 0. The van der Waals surface area contributed by atoms with Gasteiger partial charge in [0, 0.05) is 15.8 Å². The van der Waals surface area contributed by atoms with Gasteiger partial charge in [-0.25, -0.2) is 4.79 Å². The second-order valence-corrected chi connectivity index (χ2v) is 8.89. The number of para-hydroxylation sites is 2. The average Bonchev–Trinajstić information content (AvgIpc) is 2.72. The van der Waals surface area contributed by atoms with Crippen molar-refractivity contribution in [3.63, 3.8) is 0 Å². The van der Waals surface area contributed by atoms with Crippen LogP contribution < -0.4 is 10.6 Å². The monoisotopic (exact) mass is 466 g/mol. The standard InChI is InChI=1S/C25H27BrN2O2/c1-25(2,3)30-24(29)23(28-21-17-11-10-16-20(21)26)22(18-12-6-4-7-13-18)27-19-14-8-5-9-15-19/h4-17,22-23,27-28H,1-3H3/t22-,23-/m0/s1. The van der Waals surface area contributed by atoms with Gasteiger partial charge in [0.15, 0.2) is 0 Å². The lowest BCUT2D eigenvalue weighted by atomic mass is 9.97. The highest BCUT2D eigenvalue weighted by Gasteiger charge is 2.34. The number of ether oxygens (including phenoxy) is 1.